The van der Waals surface area contributed by atoms with Crippen molar-refractivity contribution >= 4 is 23.1 Å². The minimum absolute atomic E-state index is 0.0494. The molecule has 0 aliphatic heterocycles. The van der Waals surface area contributed by atoms with Crippen LogP contribution in [0.25, 0.3) is 0 Å². The van der Waals surface area contributed by atoms with Gasteiger partial charge in [0.25, 0.3) is 0 Å². The molecule has 0 heterocycles. The van der Waals surface area contributed by atoms with Crippen LogP contribution in [0.4, 0.5) is 5.69 Å². The molecule has 0 radical (unpaired) electrons. The van der Waals surface area contributed by atoms with Crippen LogP contribution in [-0.4, -0.2) is 30.1 Å². The summed E-state index contributed by atoms with van der Waals surface area (Å²) >= 11 is 6.03. The highest BCUT2D eigenvalue weighted by Gasteiger charge is 2.16. The monoisotopic (exact) mass is 255 g/mol. The predicted octanol–water partition coefficient (Wildman–Crippen LogP) is 2.75. The zero-order valence-electron chi connectivity index (χ0n) is 10.6. The second-order valence-electron chi connectivity index (χ2n) is 4.89. The molecule has 0 aromatic heterocycles. The van der Waals surface area contributed by atoms with Crippen molar-refractivity contribution in [1.29, 1.82) is 0 Å². The molecule has 0 bridgehead atoms. The number of carbonyl (C=O) groups is 1. The largest absolute Gasteiger partial charge is 0.389 e. The number of likely N-dealkylation sites (N-methyl/N-ethyl adjacent to an activating group) is 1. The van der Waals surface area contributed by atoms with E-state index in [4.69, 9.17) is 11.6 Å². The van der Waals surface area contributed by atoms with Crippen molar-refractivity contribution < 1.29 is 9.90 Å². The van der Waals surface area contributed by atoms with E-state index in [9.17, 15) is 9.90 Å². The fourth-order valence-corrected chi connectivity index (χ4v) is 2.01. The van der Waals surface area contributed by atoms with Gasteiger partial charge in [0, 0.05) is 24.8 Å². The summed E-state index contributed by atoms with van der Waals surface area (Å²) < 4.78 is 0. The first-order valence-corrected chi connectivity index (χ1v) is 5.82. The summed E-state index contributed by atoms with van der Waals surface area (Å²) in [5, 5.41) is 10.2. The van der Waals surface area contributed by atoms with Crippen molar-refractivity contribution in [2.75, 3.05) is 18.5 Å². The maximum absolute atomic E-state index is 11.2. The highest BCUT2D eigenvalue weighted by Crippen LogP contribution is 2.24. The van der Waals surface area contributed by atoms with Crippen LogP contribution in [0.3, 0.4) is 0 Å². The van der Waals surface area contributed by atoms with Gasteiger partial charge in [0.1, 0.15) is 0 Å². The fraction of sp³-hybridized carbons (Fsp3) is 0.462. The summed E-state index contributed by atoms with van der Waals surface area (Å²) in [5.41, 5.74) is 0.620. The van der Waals surface area contributed by atoms with Crippen LogP contribution < -0.4 is 4.90 Å². The van der Waals surface area contributed by atoms with Gasteiger partial charge in [-0.3, -0.25) is 4.79 Å². The van der Waals surface area contributed by atoms with Crippen LogP contribution in [0.2, 0.25) is 5.02 Å². The molecule has 4 heteroatoms. The lowest BCUT2D eigenvalue weighted by Crippen LogP contribution is -2.36. The maximum Gasteiger partial charge on any atom is 0.161 e. The molecule has 0 fully saturated rings. The van der Waals surface area contributed by atoms with Crippen molar-refractivity contribution in [3.63, 3.8) is 0 Å². The molecule has 0 amide bonds. The van der Waals surface area contributed by atoms with Crippen molar-refractivity contribution in [2.45, 2.75) is 26.4 Å². The first-order chi connectivity index (χ1) is 7.70. The Bertz CT molecular complexity index is 424. The third-order valence-electron chi connectivity index (χ3n) is 2.40. The van der Waals surface area contributed by atoms with Gasteiger partial charge >= 0.3 is 0 Å². The Morgan fingerprint density at radius 1 is 1.47 bits per heavy atom. The SMILES string of the molecule is CC(=O)c1ccc(N(C)CC(C)(C)O)cc1Cl. The van der Waals surface area contributed by atoms with E-state index < -0.39 is 5.60 Å². The second-order valence-corrected chi connectivity index (χ2v) is 5.30. The summed E-state index contributed by atoms with van der Waals surface area (Å²) in [6.45, 7) is 5.47. The number of aliphatic hydroxyl groups is 1. The molecule has 0 aliphatic rings. The maximum atomic E-state index is 11.2. The molecule has 94 valence electrons. The Balaban J connectivity index is 2.94. The van der Waals surface area contributed by atoms with Crippen molar-refractivity contribution in [1.82, 2.24) is 0 Å². The standard InChI is InChI=1S/C13H18ClNO2/c1-9(16)11-6-5-10(7-12(11)14)15(4)8-13(2,3)17/h5-7,17H,8H2,1-4H3. The molecule has 0 atom stereocenters. The van der Waals surface area contributed by atoms with Crippen LogP contribution in [0.15, 0.2) is 18.2 Å². The number of ketones is 1. The third kappa shape index (κ3) is 4.02. The van der Waals surface area contributed by atoms with Gasteiger partial charge in [0.2, 0.25) is 0 Å². The van der Waals surface area contributed by atoms with Gasteiger partial charge in [0.05, 0.1) is 10.6 Å². The Morgan fingerprint density at radius 3 is 2.47 bits per heavy atom. The highest BCUT2D eigenvalue weighted by molar-refractivity contribution is 6.34. The van der Waals surface area contributed by atoms with Gasteiger partial charge in [-0.2, -0.15) is 0 Å². The molecule has 1 N–H and O–H groups in total. The average Bonchev–Trinajstić information content (AvgIpc) is 2.14. The number of anilines is 1. The zero-order chi connectivity index (χ0) is 13.2. The van der Waals surface area contributed by atoms with Crippen LogP contribution in [0.1, 0.15) is 31.1 Å². The summed E-state index contributed by atoms with van der Waals surface area (Å²) in [4.78, 5) is 13.1. The first-order valence-electron chi connectivity index (χ1n) is 5.45. The Kier molecular flexibility index (Phi) is 4.17. The molecule has 1 aromatic carbocycles. The quantitative estimate of drug-likeness (QED) is 0.841. The normalized spacial score (nSPS) is 11.4. The fourth-order valence-electron chi connectivity index (χ4n) is 1.70. The molecule has 3 nitrogen and oxygen atoms in total. The Morgan fingerprint density at radius 2 is 2.06 bits per heavy atom. The van der Waals surface area contributed by atoms with Crippen LogP contribution >= 0.6 is 11.6 Å². The highest BCUT2D eigenvalue weighted by atomic mass is 35.5. The van der Waals surface area contributed by atoms with Gasteiger partial charge in [-0.25, -0.2) is 0 Å². The molecule has 0 aliphatic carbocycles. The minimum atomic E-state index is -0.777. The molecule has 1 rings (SSSR count). The lowest BCUT2D eigenvalue weighted by Gasteiger charge is -2.27. The molecule has 0 saturated carbocycles. The van der Waals surface area contributed by atoms with E-state index >= 15 is 0 Å². The van der Waals surface area contributed by atoms with E-state index in [-0.39, 0.29) is 5.78 Å². The summed E-state index contributed by atoms with van der Waals surface area (Å²) in [6.07, 6.45) is 0. The van der Waals surface area contributed by atoms with E-state index in [0.29, 0.717) is 17.1 Å². The number of hydrogen-bond donors (Lipinski definition) is 1. The number of hydrogen-bond acceptors (Lipinski definition) is 3. The number of carbonyl (C=O) groups excluding carboxylic acids is 1. The number of benzene rings is 1. The predicted molar refractivity (Wildman–Crippen MR) is 71.0 cm³/mol. The van der Waals surface area contributed by atoms with Gasteiger partial charge < -0.3 is 10.0 Å². The average molecular weight is 256 g/mol. The third-order valence-corrected chi connectivity index (χ3v) is 2.71. The number of Topliss-reactive ketones (excluding diaryl/α,β-unsaturated/α-hetero) is 1. The Hall–Kier alpha value is -1.06. The van der Waals surface area contributed by atoms with Crippen molar-refractivity contribution in [3.8, 4) is 0 Å². The van der Waals surface area contributed by atoms with E-state index in [2.05, 4.69) is 0 Å². The van der Waals surface area contributed by atoms with Gasteiger partial charge in [-0.1, -0.05) is 11.6 Å². The van der Waals surface area contributed by atoms with E-state index in [1.807, 2.05) is 18.0 Å². The van der Waals surface area contributed by atoms with Crippen LogP contribution in [-0.2, 0) is 0 Å². The number of rotatable bonds is 4. The van der Waals surface area contributed by atoms with Gasteiger partial charge in [-0.15, -0.1) is 0 Å². The summed E-state index contributed by atoms with van der Waals surface area (Å²) in [7, 11) is 1.87. The first kappa shape index (κ1) is 14.0. The molecule has 0 spiro atoms. The molecule has 0 saturated heterocycles. The van der Waals surface area contributed by atoms with Gasteiger partial charge in [0.15, 0.2) is 5.78 Å². The van der Waals surface area contributed by atoms with E-state index in [1.165, 1.54) is 6.92 Å². The van der Waals surface area contributed by atoms with Crippen molar-refractivity contribution in [2.24, 2.45) is 0 Å². The molecule has 17 heavy (non-hydrogen) atoms. The number of halogens is 1. The number of nitrogens with zero attached hydrogens (tertiary/aromatic N) is 1. The molecule has 0 unspecified atom stereocenters. The van der Waals surface area contributed by atoms with Crippen molar-refractivity contribution in [3.05, 3.63) is 28.8 Å². The summed E-state index contributed by atoms with van der Waals surface area (Å²) in [5.74, 6) is -0.0494. The second kappa shape index (κ2) is 5.07. The Labute approximate surface area is 107 Å². The minimum Gasteiger partial charge on any atom is -0.389 e. The topological polar surface area (TPSA) is 40.5 Å². The molecule has 1 aromatic rings. The van der Waals surface area contributed by atoms with Crippen LogP contribution in [0.5, 0.6) is 0 Å². The van der Waals surface area contributed by atoms with Gasteiger partial charge in [-0.05, 0) is 39.0 Å². The zero-order valence-corrected chi connectivity index (χ0v) is 11.4. The lowest BCUT2D eigenvalue weighted by molar-refractivity contribution is 0.0885. The lowest BCUT2D eigenvalue weighted by atomic mass is 10.1. The van der Waals surface area contributed by atoms with E-state index in [0.717, 1.165) is 5.69 Å². The molecular weight excluding hydrogens is 238 g/mol. The molecular formula is C13H18ClNO2. The van der Waals surface area contributed by atoms with E-state index in [1.54, 1.807) is 26.0 Å². The van der Waals surface area contributed by atoms with Crippen LogP contribution in [0, 0.1) is 0 Å². The summed E-state index contributed by atoms with van der Waals surface area (Å²) in [6, 6.07) is 5.28. The smallest absolute Gasteiger partial charge is 0.161 e.